The smallest absolute Gasteiger partial charge is 0.273 e. The predicted molar refractivity (Wildman–Crippen MR) is 109 cm³/mol. The molecule has 0 aliphatic carbocycles. The van der Waals surface area contributed by atoms with Gasteiger partial charge in [-0.15, -0.1) is 11.3 Å². The number of nitrogens with zero attached hydrogens (tertiary/aromatic N) is 3. The Kier molecular flexibility index (Phi) is 4.76. The van der Waals surface area contributed by atoms with Crippen LogP contribution in [0.5, 0.6) is 11.5 Å². The molecule has 2 aliphatic heterocycles. The summed E-state index contributed by atoms with van der Waals surface area (Å²) in [5, 5.41) is 6.86. The molecule has 5 rings (SSSR count). The average Bonchev–Trinajstić information content (AvgIpc) is 3.48. The molecule has 0 radical (unpaired) electrons. The first-order valence-electron chi connectivity index (χ1n) is 9.14. The van der Waals surface area contributed by atoms with E-state index >= 15 is 0 Å². The highest BCUT2D eigenvalue weighted by atomic mass is 32.1. The Balaban J connectivity index is 1.18. The number of thiazole rings is 1. The SMILES string of the molecule is O=C(c1csc(-c2ccsc2)n1)N1CCN(Cc2ccc3c(c2)OCO3)CC1. The quantitative estimate of drug-likeness (QED) is 0.655. The molecule has 1 saturated heterocycles. The van der Waals surface area contributed by atoms with Crippen molar-refractivity contribution < 1.29 is 14.3 Å². The van der Waals surface area contributed by atoms with Crippen LogP contribution < -0.4 is 9.47 Å². The summed E-state index contributed by atoms with van der Waals surface area (Å²) >= 11 is 3.17. The number of rotatable bonds is 4. The zero-order chi connectivity index (χ0) is 18.9. The number of fused-ring (bicyclic) bond motifs is 1. The highest BCUT2D eigenvalue weighted by Crippen LogP contribution is 2.33. The molecule has 3 aromatic rings. The zero-order valence-corrected chi connectivity index (χ0v) is 16.8. The summed E-state index contributed by atoms with van der Waals surface area (Å²) in [5.74, 6) is 1.65. The van der Waals surface area contributed by atoms with Crippen LogP contribution in [-0.2, 0) is 6.54 Å². The minimum Gasteiger partial charge on any atom is -0.454 e. The highest BCUT2D eigenvalue weighted by molar-refractivity contribution is 7.14. The van der Waals surface area contributed by atoms with Gasteiger partial charge in [-0.05, 0) is 29.1 Å². The van der Waals surface area contributed by atoms with Gasteiger partial charge in [0.15, 0.2) is 11.5 Å². The van der Waals surface area contributed by atoms with Crippen molar-refractivity contribution in [1.82, 2.24) is 14.8 Å². The Morgan fingerprint density at radius 2 is 1.93 bits per heavy atom. The van der Waals surface area contributed by atoms with Crippen molar-refractivity contribution in [3.63, 3.8) is 0 Å². The molecule has 0 spiro atoms. The zero-order valence-electron chi connectivity index (χ0n) is 15.2. The van der Waals surface area contributed by atoms with E-state index in [0.717, 1.165) is 41.7 Å². The second-order valence-electron chi connectivity index (χ2n) is 6.81. The lowest BCUT2D eigenvalue weighted by molar-refractivity contribution is 0.0623. The van der Waals surface area contributed by atoms with Crippen molar-refractivity contribution >= 4 is 28.6 Å². The summed E-state index contributed by atoms with van der Waals surface area (Å²) in [6, 6.07) is 8.12. The molecule has 1 aromatic carbocycles. The normalized spacial score (nSPS) is 16.5. The maximum atomic E-state index is 12.8. The van der Waals surface area contributed by atoms with Crippen LogP contribution >= 0.6 is 22.7 Å². The van der Waals surface area contributed by atoms with E-state index in [9.17, 15) is 4.79 Å². The van der Waals surface area contributed by atoms with E-state index in [4.69, 9.17) is 9.47 Å². The van der Waals surface area contributed by atoms with Crippen molar-refractivity contribution in [2.24, 2.45) is 0 Å². The van der Waals surface area contributed by atoms with Crippen LogP contribution in [-0.4, -0.2) is 53.7 Å². The minimum atomic E-state index is 0.0282. The van der Waals surface area contributed by atoms with Gasteiger partial charge in [-0.3, -0.25) is 9.69 Å². The van der Waals surface area contributed by atoms with Crippen LogP contribution in [0, 0.1) is 0 Å². The summed E-state index contributed by atoms with van der Waals surface area (Å²) in [4.78, 5) is 21.6. The maximum Gasteiger partial charge on any atom is 0.273 e. The molecule has 0 unspecified atom stereocenters. The van der Waals surface area contributed by atoms with Crippen LogP contribution in [0.25, 0.3) is 10.6 Å². The van der Waals surface area contributed by atoms with E-state index in [0.29, 0.717) is 25.6 Å². The lowest BCUT2D eigenvalue weighted by atomic mass is 10.1. The number of piperazine rings is 1. The fraction of sp³-hybridized carbons (Fsp3) is 0.300. The Morgan fingerprint density at radius 1 is 1.07 bits per heavy atom. The standard InChI is InChI=1S/C20H19N3O3S2/c24-20(16-12-28-19(21-16)15-3-8-27-11-15)23-6-4-22(5-7-23)10-14-1-2-17-18(9-14)26-13-25-17/h1-3,8-9,11-12H,4-7,10,13H2. The first kappa shape index (κ1) is 17.7. The lowest BCUT2D eigenvalue weighted by Gasteiger charge is -2.34. The molecule has 1 fully saturated rings. The molecule has 28 heavy (non-hydrogen) atoms. The van der Waals surface area contributed by atoms with Crippen LogP contribution in [0.3, 0.4) is 0 Å². The summed E-state index contributed by atoms with van der Waals surface area (Å²) in [6.07, 6.45) is 0. The molecular formula is C20H19N3O3S2. The number of aromatic nitrogens is 1. The third kappa shape index (κ3) is 3.50. The van der Waals surface area contributed by atoms with Crippen LogP contribution in [0.1, 0.15) is 16.1 Å². The van der Waals surface area contributed by atoms with Crippen molar-refractivity contribution in [1.29, 1.82) is 0 Å². The summed E-state index contributed by atoms with van der Waals surface area (Å²) in [7, 11) is 0. The van der Waals surface area contributed by atoms with Crippen molar-refractivity contribution in [2.75, 3.05) is 33.0 Å². The Labute approximate surface area is 170 Å². The van der Waals surface area contributed by atoms with Gasteiger partial charge in [0.25, 0.3) is 5.91 Å². The number of hydrogen-bond donors (Lipinski definition) is 0. The van der Waals surface area contributed by atoms with Crippen molar-refractivity contribution in [3.8, 4) is 22.1 Å². The number of ether oxygens (including phenoxy) is 2. The topological polar surface area (TPSA) is 54.9 Å². The van der Waals surface area contributed by atoms with Gasteiger partial charge in [0.1, 0.15) is 10.7 Å². The summed E-state index contributed by atoms with van der Waals surface area (Å²) in [5.41, 5.74) is 2.84. The molecular weight excluding hydrogens is 394 g/mol. The maximum absolute atomic E-state index is 12.8. The number of benzene rings is 1. The van der Waals surface area contributed by atoms with Gasteiger partial charge >= 0.3 is 0 Å². The number of carbonyl (C=O) groups is 1. The molecule has 2 aliphatic rings. The molecule has 1 amide bonds. The lowest BCUT2D eigenvalue weighted by Crippen LogP contribution is -2.48. The highest BCUT2D eigenvalue weighted by Gasteiger charge is 2.24. The second kappa shape index (κ2) is 7.54. The Hall–Kier alpha value is -2.42. The molecule has 144 valence electrons. The number of carbonyl (C=O) groups excluding carboxylic acids is 1. The van der Waals surface area contributed by atoms with Gasteiger partial charge in [0, 0.05) is 49.0 Å². The van der Waals surface area contributed by atoms with Crippen molar-refractivity contribution in [3.05, 3.63) is 51.7 Å². The largest absolute Gasteiger partial charge is 0.454 e. The summed E-state index contributed by atoms with van der Waals surface area (Å²) in [6.45, 7) is 4.27. The monoisotopic (exact) mass is 413 g/mol. The fourth-order valence-corrected chi connectivity index (χ4v) is 4.97. The molecule has 4 heterocycles. The molecule has 0 saturated carbocycles. The van der Waals surface area contributed by atoms with Crippen LogP contribution in [0.4, 0.5) is 0 Å². The third-order valence-electron chi connectivity index (χ3n) is 4.99. The first-order valence-corrected chi connectivity index (χ1v) is 11.0. The van der Waals surface area contributed by atoms with E-state index < -0.39 is 0 Å². The van der Waals surface area contributed by atoms with Crippen LogP contribution in [0.2, 0.25) is 0 Å². The minimum absolute atomic E-state index is 0.0282. The summed E-state index contributed by atoms with van der Waals surface area (Å²) < 4.78 is 10.8. The van der Waals surface area contributed by atoms with Gasteiger partial charge < -0.3 is 14.4 Å². The first-order chi connectivity index (χ1) is 13.8. The Bertz CT molecular complexity index is 979. The van der Waals surface area contributed by atoms with Crippen molar-refractivity contribution in [2.45, 2.75) is 6.54 Å². The van der Waals surface area contributed by atoms with E-state index in [2.05, 4.69) is 21.3 Å². The average molecular weight is 414 g/mol. The van der Waals surface area contributed by atoms with E-state index in [1.54, 1.807) is 11.3 Å². The number of hydrogen-bond acceptors (Lipinski definition) is 7. The predicted octanol–water partition coefficient (Wildman–Crippen LogP) is 3.56. The fourth-order valence-electron chi connectivity index (χ4n) is 3.46. The molecule has 0 bridgehead atoms. The van der Waals surface area contributed by atoms with Gasteiger partial charge in [0.05, 0.1) is 0 Å². The number of thiophene rings is 1. The van der Waals surface area contributed by atoms with Gasteiger partial charge in [-0.25, -0.2) is 4.98 Å². The molecule has 6 nitrogen and oxygen atoms in total. The van der Waals surface area contributed by atoms with Gasteiger partial charge in [0.2, 0.25) is 6.79 Å². The Morgan fingerprint density at radius 3 is 2.75 bits per heavy atom. The third-order valence-corrected chi connectivity index (χ3v) is 6.57. The molecule has 2 aromatic heterocycles. The van der Waals surface area contributed by atoms with Crippen LogP contribution in [0.15, 0.2) is 40.4 Å². The van der Waals surface area contributed by atoms with E-state index in [1.165, 1.54) is 16.9 Å². The van der Waals surface area contributed by atoms with Gasteiger partial charge in [-0.2, -0.15) is 11.3 Å². The van der Waals surface area contributed by atoms with Gasteiger partial charge in [-0.1, -0.05) is 6.07 Å². The molecule has 0 N–H and O–H groups in total. The molecule has 0 atom stereocenters. The number of amides is 1. The second-order valence-corrected chi connectivity index (χ2v) is 8.44. The van der Waals surface area contributed by atoms with E-state index in [-0.39, 0.29) is 5.91 Å². The molecule has 8 heteroatoms. The van der Waals surface area contributed by atoms with E-state index in [1.807, 2.05) is 33.9 Å².